The summed E-state index contributed by atoms with van der Waals surface area (Å²) >= 11 is 12.4. The first-order valence-corrected chi connectivity index (χ1v) is 13.8. The van der Waals surface area contributed by atoms with Crippen molar-refractivity contribution in [2.45, 2.75) is 43.6 Å². The highest BCUT2D eigenvalue weighted by Gasteiger charge is 2.39. The second-order valence-corrected chi connectivity index (χ2v) is 11.7. The van der Waals surface area contributed by atoms with Gasteiger partial charge >= 0.3 is 6.18 Å². The first kappa shape index (κ1) is 30.1. The summed E-state index contributed by atoms with van der Waals surface area (Å²) in [6.07, 6.45) is -2.72. The average molecular weight is 590 g/mol. The van der Waals surface area contributed by atoms with Gasteiger partial charge in [0.2, 0.25) is 5.91 Å². The van der Waals surface area contributed by atoms with Crippen LogP contribution in [0.25, 0.3) is 0 Å². The second-order valence-electron chi connectivity index (χ2n) is 10.8. The van der Waals surface area contributed by atoms with Crippen molar-refractivity contribution >= 4 is 29.1 Å². The van der Waals surface area contributed by atoms with Crippen LogP contribution in [0, 0.1) is 5.82 Å². The van der Waals surface area contributed by atoms with E-state index in [0.29, 0.717) is 41.3 Å². The number of likely N-dealkylation sites (N-methyl/N-ethyl adjacent to an activating group) is 1. The molecule has 39 heavy (non-hydrogen) atoms. The van der Waals surface area contributed by atoms with E-state index in [4.69, 9.17) is 23.2 Å². The number of rotatable bonds is 7. The molecule has 5 nitrogen and oxygen atoms in total. The number of alkyl halides is 3. The lowest BCUT2D eigenvalue weighted by atomic mass is 9.93. The molecule has 0 aliphatic carbocycles. The molecule has 2 fully saturated rings. The highest BCUT2D eigenvalue weighted by atomic mass is 35.5. The van der Waals surface area contributed by atoms with E-state index in [9.17, 15) is 22.4 Å². The number of carbonyl (C=O) groups is 1. The summed E-state index contributed by atoms with van der Waals surface area (Å²) in [6.45, 7) is 3.20. The predicted molar refractivity (Wildman–Crippen MR) is 146 cm³/mol. The van der Waals surface area contributed by atoms with E-state index in [1.807, 2.05) is 22.9 Å². The van der Waals surface area contributed by atoms with Crippen molar-refractivity contribution in [2.75, 3.05) is 53.9 Å². The Morgan fingerprint density at radius 2 is 1.69 bits per heavy atom. The van der Waals surface area contributed by atoms with E-state index >= 15 is 0 Å². The SMILES string of the molecule is CN(C)C1CCN(CC(=O)N2C[C@H](c3ccc(Cl)c(Cl)c3)[C@H](N(C)Cc3ccc(C(F)(F)F)c(F)c3)C2)CC1. The summed E-state index contributed by atoms with van der Waals surface area (Å²) in [4.78, 5) is 21.6. The first-order chi connectivity index (χ1) is 18.3. The van der Waals surface area contributed by atoms with Gasteiger partial charge in [-0.1, -0.05) is 35.3 Å². The molecule has 0 saturated carbocycles. The molecule has 214 valence electrons. The number of carbonyl (C=O) groups excluding carboxylic acids is 1. The molecule has 0 bridgehead atoms. The van der Waals surface area contributed by atoms with Gasteiger partial charge in [0.1, 0.15) is 5.82 Å². The van der Waals surface area contributed by atoms with E-state index < -0.39 is 17.6 Å². The van der Waals surface area contributed by atoms with Gasteiger partial charge < -0.3 is 9.80 Å². The van der Waals surface area contributed by atoms with Gasteiger partial charge in [0.15, 0.2) is 0 Å². The molecule has 4 rings (SSSR count). The number of hydrogen-bond acceptors (Lipinski definition) is 4. The van der Waals surface area contributed by atoms with Crippen molar-refractivity contribution in [2.24, 2.45) is 0 Å². The molecule has 2 aromatic rings. The molecule has 0 spiro atoms. The van der Waals surface area contributed by atoms with Crippen molar-refractivity contribution in [3.63, 3.8) is 0 Å². The zero-order valence-electron chi connectivity index (χ0n) is 22.3. The summed E-state index contributed by atoms with van der Waals surface area (Å²) in [7, 11) is 5.99. The summed E-state index contributed by atoms with van der Waals surface area (Å²) in [5.74, 6) is -1.36. The number of hydrogen-bond donors (Lipinski definition) is 0. The third-order valence-corrected chi connectivity index (χ3v) is 8.74. The molecule has 2 atom stereocenters. The predicted octanol–water partition coefficient (Wildman–Crippen LogP) is 5.60. The smallest absolute Gasteiger partial charge is 0.339 e. The number of benzene rings is 2. The van der Waals surface area contributed by atoms with Crippen LogP contribution in [0.3, 0.4) is 0 Å². The fourth-order valence-electron chi connectivity index (χ4n) is 5.68. The Kier molecular flexibility index (Phi) is 9.49. The fraction of sp³-hybridized carbons (Fsp3) is 0.536. The molecular formula is C28H34Cl2F4N4O. The van der Waals surface area contributed by atoms with Crippen molar-refractivity contribution in [3.8, 4) is 0 Å². The van der Waals surface area contributed by atoms with Gasteiger partial charge in [-0.2, -0.15) is 13.2 Å². The molecule has 0 aromatic heterocycles. The highest BCUT2D eigenvalue weighted by Crippen LogP contribution is 2.36. The molecular weight excluding hydrogens is 555 g/mol. The van der Waals surface area contributed by atoms with Crippen LogP contribution in [-0.4, -0.2) is 91.5 Å². The Bertz CT molecular complexity index is 1170. The van der Waals surface area contributed by atoms with Crippen LogP contribution in [0.2, 0.25) is 10.0 Å². The van der Waals surface area contributed by atoms with E-state index in [-0.39, 0.29) is 24.4 Å². The summed E-state index contributed by atoms with van der Waals surface area (Å²) in [5.41, 5.74) is 0.0567. The quantitative estimate of drug-likeness (QED) is 0.394. The van der Waals surface area contributed by atoms with Crippen LogP contribution >= 0.6 is 23.2 Å². The Labute approximate surface area is 237 Å². The van der Waals surface area contributed by atoms with Gasteiger partial charge in [0.25, 0.3) is 0 Å². The minimum Gasteiger partial charge on any atom is -0.339 e. The number of likely N-dealkylation sites (tertiary alicyclic amines) is 2. The maximum atomic E-state index is 14.2. The number of amides is 1. The number of piperidine rings is 1. The van der Waals surface area contributed by atoms with Crippen molar-refractivity contribution in [1.82, 2.24) is 19.6 Å². The molecule has 2 aliphatic heterocycles. The van der Waals surface area contributed by atoms with Gasteiger partial charge in [-0.25, -0.2) is 4.39 Å². The van der Waals surface area contributed by atoms with Crippen LogP contribution in [0.5, 0.6) is 0 Å². The molecule has 2 aromatic carbocycles. The Morgan fingerprint density at radius 1 is 1.00 bits per heavy atom. The normalized spacial score (nSPS) is 21.4. The molecule has 0 N–H and O–H groups in total. The summed E-state index contributed by atoms with van der Waals surface area (Å²) in [6, 6.07) is 8.78. The molecule has 11 heteroatoms. The lowest BCUT2D eigenvalue weighted by Gasteiger charge is -2.35. The third kappa shape index (κ3) is 7.24. The van der Waals surface area contributed by atoms with Crippen molar-refractivity contribution in [3.05, 3.63) is 69.0 Å². The van der Waals surface area contributed by atoms with E-state index in [1.54, 1.807) is 12.1 Å². The van der Waals surface area contributed by atoms with Gasteiger partial charge in [0, 0.05) is 50.7 Å². The average Bonchev–Trinajstić information content (AvgIpc) is 3.31. The molecule has 0 radical (unpaired) electrons. The lowest BCUT2D eigenvalue weighted by Crippen LogP contribution is -2.46. The van der Waals surface area contributed by atoms with E-state index in [1.165, 1.54) is 6.07 Å². The molecule has 0 unspecified atom stereocenters. The van der Waals surface area contributed by atoms with Crippen LogP contribution < -0.4 is 0 Å². The van der Waals surface area contributed by atoms with Crippen molar-refractivity contribution < 1.29 is 22.4 Å². The van der Waals surface area contributed by atoms with Gasteiger partial charge in [-0.15, -0.1) is 0 Å². The highest BCUT2D eigenvalue weighted by molar-refractivity contribution is 6.42. The Morgan fingerprint density at radius 3 is 2.28 bits per heavy atom. The number of halogens is 6. The largest absolute Gasteiger partial charge is 0.419 e. The maximum absolute atomic E-state index is 14.2. The van der Waals surface area contributed by atoms with E-state index in [2.05, 4.69) is 23.9 Å². The second kappa shape index (κ2) is 12.3. The van der Waals surface area contributed by atoms with Crippen LogP contribution in [0.15, 0.2) is 36.4 Å². The van der Waals surface area contributed by atoms with E-state index in [0.717, 1.165) is 43.6 Å². The Hall–Kier alpha value is -1.91. The lowest BCUT2D eigenvalue weighted by molar-refractivity contribution is -0.140. The van der Waals surface area contributed by atoms with Crippen LogP contribution in [0.1, 0.15) is 35.4 Å². The summed E-state index contributed by atoms with van der Waals surface area (Å²) < 4.78 is 53.3. The molecule has 2 saturated heterocycles. The first-order valence-electron chi connectivity index (χ1n) is 13.0. The topological polar surface area (TPSA) is 30.0 Å². The fourth-order valence-corrected chi connectivity index (χ4v) is 5.99. The minimum atomic E-state index is -4.75. The van der Waals surface area contributed by atoms with Gasteiger partial charge in [-0.3, -0.25) is 14.6 Å². The van der Waals surface area contributed by atoms with Crippen LogP contribution in [0.4, 0.5) is 17.6 Å². The molecule has 2 aliphatic rings. The summed E-state index contributed by atoms with van der Waals surface area (Å²) in [5, 5.41) is 0.839. The minimum absolute atomic E-state index is 0.0415. The monoisotopic (exact) mass is 588 g/mol. The Balaban J connectivity index is 1.49. The van der Waals surface area contributed by atoms with Crippen LogP contribution in [-0.2, 0) is 17.5 Å². The van der Waals surface area contributed by atoms with Gasteiger partial charge in [-0.05, 0) is 69.4 Å². The van der Waals surface area contributed by atoms with Gasteiger partial charge in [0.05, 0.1) is 22.2 Å². The molecule has 1 amide bonds. The third-order valence-electron chi connectivity index (χ3n) is 8.00. The maximum Gasteiger partial charge on any atom is 0.419 e. The zero-order chi connectivity index (χ0) is 28.5. The standard InChI is InChI=1S/C28H34Cl2F4N4O/c1-35(2)20-8-10-37(11-9-20)17-27(39)38-15-21(19-5-7-23(29)24(30)13-19)26(16-38)36(3)14-18-4-6-22(25(31)12-18)28(32,33)34/h4-7,12-13,20-21,26H,8-11,14-17H2,1-3H3/t21-,26-/m1/s1. The number of nitrogens with zero attached hydrogens (tertiary/aromatic N) is 4. The zero-order valence-corrected chi connectivity index (χ0v) is 23.8. The molecule has 2 heterocycles. The van der Waals surface area contributed by atoms with Crippen molar-refractivity contribution in [1.29, 1.82) is 0 Å².